The molecule has 2 heterocycles. The molecular weight excluding hydrogens is 301 g/mol. The maximum Gasteiger partial charge on any atom is 0.212 e. The number of furan rings is 1. The average molecular weight is 317 g/mol. The van der Waals surface area contributed by atoms with Crippen molar-refractivity contribution in [3.63, 3.8) is 0 Å². The first kappa shape index (κ1) is 14.9. The van der Waals surface area contributed by atoms with Gasteiger partial charge in [-0.2, -0.15) is 0 Å². The third-order valence-corrected chi connectivity index (χ3v) is 4.50. The van der Waals surface area contributed by atoms with E-state index < -0.39 is 0 Å². The van der Waals surface area contributed by atoms with E-state index in [9.17, 15) is 9.18 Å². The fourth-order valence-corrected chi connectivity index (χ4v) is 3.12. The molecule has 0 bridgehead atoms. The van der Waals surface area contributed by atoms with Crippen LogP contribution >= 0.6 is 11.3 Å². The highest BCUT2D eigenvalue weighted by Crippen LogP contribution is 2.26. The summed E-state index contributed by atoms with van der Waals surface area (Å²) in [6, 6.07) is 8.38. The van der Waals surface area contributed by atoms with E-state index in [0.717, 1.165) is 13.0 Å². The number of nitrogens with one attached hydrogen (secondary N) is 1. The average Bonchev–Trinajstić information content (AvgIpc) is 3.12. The van der Waals surface area contributed by atoms with E-state index in [4.69, 9.17) is 4.42 Å². The Morgan fingerprint density at radius 2 is 2.23 bits per heavy atom. The summed E-state index contributed by atoms with van der Waals surface area (Å²) in [5, 5.41) is 5.82. The minimum Gasteiger partial charge on any atom is -0.453 e. The first-order valence-corrected chi connectivity index (χ1v) is 7.98. The number of Topliss-reactive ketones (excluding diaryl/α,β-unsaturated/α-hetero) is 1. The summed E-state index contributed by atoms with van der Waals surface area (Å²) in [5.41, 5.74) is 1.24. The molecule has 22 heavy (non-hydrogen) atoms. The van der Waals surface area contributed by atoms with Gasteiger partial charge in [0.1, 0.15) is 11.4 Å². The predicted octanol–water partition coefficient (Wildman–Crippen LogP) is 3.96. The standard InChI is InChI=1S/C17H16FNO2S/c1-11-14-9-12(18)4-5-16(14)21-17(11)15(20)10-19-7-6-13-3-2-8-22-13/h2-5,8-9,19H,6-7,10H2,1H3. The van der Waals surface area contributed by atoms with Gasteiger partial charge in [-0.25, -0.2) is 4.39 Å². The van der Waals surface area contributed by atoms with Crippen molar-refractivity contribution in [2.75, 3.05) is 13.1 Å². The highest BCUT2D eigenvalue weighted by atomic mass is 32.1. The molecule has 0 amide bonds. The maximum atomic E-state index is 13.3. The zero-order chi connectivity index (χ0) is 15.5. The number of rotatable bonds is 6. The Bertz CT molecular complexity index is 792. The van der Waals surface area contributed by atoms with Crippen molar-refractivity contribution < 1.29 is 13.6 Å². The second kappa shape index (κ2) is 6.42. The van der Waals surface area contributed by atoms with Crippen molar-refractivity contribution in [2.45, 2.75) is 13.3 Å². The van der Waals surface area contributed by atoms with E-state index >= 15 is 0 Å². The number of ketones is 1. The van der Waals surface area contributed by atoms with Crippen molar-refractivity contribution >= 4 is 28.1 Å². The van der Waals surface area contributed by atoms with Gasteiger partial charge in [-0.05, 0) is 43.0 Å². The Labute approximate surface area is 131 Å². The van der Waals surface area contributed by atoms with Gasteiger partial charge in [0.25, 0.3) is 0 Å². The monoisotopic (exact) mass is 317 g/mol. The summed E-state index contributed by atoms with van der Waals surface area (Å²) in [7, 11) is 0. The van der Waals surface area contributed by atoms with Gasteiger partial charge in [0.15, 0.2) is 5.76 Å². The van der Waals surface area contributed by atoms with Crippen LogP contribution in [0.25, 0.3) is 11.0 Å². The summed E-state index contributed by atoms with van der Waals surface area (Å²) < 4.78 is 18.8. The van der Waals surface area contributed by atoms with Crippen LogP contribution in [0.15, 0.2) is 40.1 Å². The minimum atomic E-state index is -0.329. The molecular formula is C17H16FNO2S. The van der Waals surface area contributed by atoms with Crippen LogP contribution in [0.2, 0.25) is 0 Å². The largest absolute Gasteiger partial charge is 0.453 e. The minimum absolute atomic E-state index is 0.111. The van der Waals surface area contributed by atoms with Gasteiger partial charge in [0, 0.05) is 22.4 Å². The highest BCUT2D eigenvalue weighted by molar-refractivity contribution is 7.09. The Morgan fingerprint density at radius 1 is 1.36 bits per heavy atom. The summed E-state index contributed by atoms with van der Waals surface area (Å²) in [6.07, 6.45) is 0.898. The molecule has 1 aromatic carbocycles. The number of aryl methyl sites for hydroxylation is 1. The number of carbonyl (C=O) groups is 1. The molecule has 0 atom stereocenters. The molecule has 0 aliphatic rings. The van der Waals surface area contributed by atoms with Crippen LogP contribution in [0, 0.1) is 12.7 Å². The molecule has 5 heteroatoms. The van der Waals surface area contributed by atoms with E-state index in [-0.39, 0.29) is 18.1 Å². The van der Waals surface area contributed by atoms with Gasteiger partial charge in [-0.15, -0.1) is 11.3 Å². The van der Waals surface area contributed by atoms with Gasteiger partial charge in [0.05, 0.1) is 6.54 Å². The highest BCUT2D eigenvalue weighted by Gasteiger charge is 2.17. The lowest BCUT2D eigenvalue weighted by Crippen LogP contribution is -2.25. The maximum absolute atomic E-state index is 13.3. The third kappa shape index (κ3) is 3.10. The number of hydrogen-bond donors (Lipinski definition) is 1. The van der Waals surface area contributed by atoms with Crippen molar-refractivity contribution in [3.8, 4) is 0 Å². The third-order valence-electron chi connectivity index (χ3n) is 3.57. The van der Waals surface area contributed by atoms with E-state index in [1.807, 2.05) is 11.4 Å². The molecule has 0 aliphatic heterocycles. The van der Waals surface area contributed by atoms with Crippen LogP contribution in [0.3, 0.4) is 0 Å². The van der Waals surface area contributed by atoms with Gasteiger partial charge in [-0.1, -0.05) is 6.07 Å². The van der Waals surface area contributed by atoms with Crippen LogP contribution in [0.5, 0.6) is 0 Å². The first-order valence-electron chi connectivity index (χ1n) is 7.10. The van der Waals surface area contributed by atoms with Crippen molar-refractivity contribution in [3.05, 3.63) is 57.7 Å². The lowest BCUT2D eigenvalue weighted by Gasteiger charge is -2.02. The molecule has 2 aromatic heterocycles. The number of halogens is 1. The predicted molar refractivity (Wildman–Crippen MR) is 86.1 cm³/mol. The van der Waals surface area contributed by atoms with Gasteiger partial charge < -0.3 is 9.73 Å². The molecule has 3 aromatic rings. The quantitative estimate of drug-likeness (QED) is 0.553. The second-order valence-electron chi connectivity index (χ2n) is 5.13. The zero-order valence-corrected chi connectivity index (χ0v) is 13.0. The number of thiophene rings is 1. The molecule has 0 fully saturated rings. The molecule has 0 radical (unpaired) electrons. The summed E-state index contributed by atoms with van der Waals surface area (Å²) in [5.74, 6) is -0.131. The molecule has 0 unspecified atom stereocenters. The molecule has 1 N–H and O–H groups in total. The lowest BCUT2D eigenvalue weighted by atomic mass is 10.1. The zero-order valence-electron chi connectivity index (χ0n) is 12.2. The number of hydrogen-bond acceptors (Lipinski definition) is 4. The van der Waals surface area contributed by atoms with E-state index in [2.05, 4.69) is 11.4 Å². The van der Waals surface area contributed by atoms with E-state index in [1.54, 1.807) is 24.3 Å². The topological polar surface area (TPSA) is 42.2 Å². The van der Waals surface area contributed by atoms with Crippen LogP contribution in [-0.4, -0.2) is 18.9 Å². The van der Waals surface area contributed by atoms with Crippen molar-refractivity contribution in [2.24, 2.45) is 0 Å². The molecule has 0 aliphatic carbocycles. The fraction of sp³-hybridized carbons (Fsp3) is 0.235. The SMILES string of the molecule is Cc1c(C(=O)CNCCc2cccs2)oc2ccc(F)cc12. The Kier molecular flexibility index (Phi) is 4.36. The van der Waals surface area contributed by atoms with Gasteiger partial charge in [0.2, 0.25) is 5.78 Å². The smallest absolute Gasteiger partial charge is 0.212 e. The fourth-order valence-electron chi connectivity index (χ4n) is 2.41. The lowest BCUT2D eigenvalue weighted by molar-refractivity contribution is 0.0966. The van der Waals surface area contributed by atoms with Crippen LogP contribution in [0.1, 0.15) is 21.0 Å². The normalized spacial score (nSPS) is 11.2. The number of benzene rings is 1. The van der Waals surface area contributed by atoms with Crippen LogP contribution in [-0.2, 0) is 6.42 Å². The number of carbonyl (C=O) groups excluding carboxylic acids is 1. The molecule has 0 saturated carbocycles. The Hall–Kier alpha value is -1.98. The van der Waals surface area contributed by atoms with Crippen molar-refractivity contribution in [1.29, 1.82) is 0 Å². The first-order chi connectivity index (χ1) is 10.6. The molecule has 0 spiro atoms. The van der Waals surface area contributed by atoms with Gasteiger partial charge >= 0.3 is 0 Å². The van der Waals surface area contributed by atoms with Crippen LogP contribution in [0.4, 0.5) is 4.39 Å². The van der Waals surface area contributed by atoms with E-state index in [0.29, 0.717) is 22.3 Å². The summed E-state index contributed by atoms with van der Waals surface area (Å²) in [6.45, 7) is 2.73. The number of fused-ring (bicyclic) bond motifs is 1. The molecule has 3 rings (SSSR count). The molecule has 0 saturated heterocycles. The van der Waals surface area contributed by atoms with E-state index in [1.165, 1.54) is 17.0 Å². The Balaban J connectivity index is 1.63. The molecule has 114 valence electrons. The van der Waals surface area contributed by atoms with Crippen LogP contribution < -0.4 is 5.32 Å². The van der Waals surface area contributed by atoms with Gasteiger partial charge in [-0.3, -0.25) is 4.79 Å². The van der Waals surface area contributed by atoms with Crippen molar-refractivity contribution in [1.82, 2.24) is 5.32 Å². The second-order valence-corrected chi connectivity index (χ2v) is 6.16. The summed E-state index contributed by atoms with van der Waals surface area (Å²) in [4.78, 5) is 13.5. The summed E-state index contributed by atoms with van der Waals surface area (Å²) >= 11 is 1.71. The molecule has 3 nitrogen and oxygen atoms in total. The Morgan fingerprint density at radius 3 is 3.00 bits per heavy atom.